The second-order valence-electron chi connectivity index (χ2n) is 5.00. The molecule has 3 atom stereocenters. The van der Waals surface area contributed by atoms with Gasteiger partial charge in [-0.15, -0.1) is 0 Å². The normalized spacial score (nSPS) is 27.8. The number of hydrogen-bond donors (Lipinski definition) is 2. The Hall–Kier alpha value is -0.220. The van der Waals surface area contributed by atoms with Crippen molar-refractivity contribution in [3.63, 3.8) is 0 Å². The molecular weight excluding hydrogens is 220 g/mol. The van der Waals surface area contributed by atoms with Gasteiger partial charge in [0.15, 0.2) is 0 Å². The van der Waals surface area contributed by atoms with Gasteiger partial charge in [0, 0.05) is 11.3 Å². The maximum atomic E-state index is 11.8. The smallest absolute Gasteiger partial charge is 0.237 e. The molecule has 0 aromatic heterocycles. The summed E-state index contributed by atoms with van der Waals surface area (Å²) in [5, 5.41) is 3.79. The first-order chi connectivity index (χ1) is 7.54. The van der Waals surface area contributed by atoms with Crippen LogP contribution in [0.15, 0.2) is 0 Å². The van der Waals surface area contributed by atoms with Crippen LogP contribution in [0.2, 0.25) is 0 Å². The Morgan fingerprint density at radius 1 is 1.44 bits per heavy atom. The zero-order valence-corrected chi connectivity index (χ0v) is 11.3. The van der Waals surface area contributed by atoms with E-state index in [-0.39, 0.29) is 17.9 Å². The van der Waals surface area contributed by atoms with Crippen molar-refractivity contribution < 1.29 is 4.79 Å². The van der Waals surface area contributed by atoms with Gasteiger partial charge in [-0.3, -0.25) is 4.79 Å². The second kappa shape index (κ2) is 6.50. The lowest BCUT2D eigenvalue weighted by atomic mass is 9.94. The predicted molar refractivity (Wildman–Crippen MR) is 70.5 cm³/mol. The highest BCUT2D eigenvalue weighted by atomic mass is 32.2. The Morgan fingerprint density at radius 2 is 2.12 bits per heavy atom. The van der Waals surface area contributed by atoms with Crippen LogP contribution in [0.3, 0.4) is 0 Å². The Labute approximate surface area is 103 Å². The number of thioether (sulfide) groups is 1. The number of rotatable bonds is 4. The van der Waals surface area contributed by atoms with Gasteiger partial charge in [0.25, 0.3) is 0 Å². The lowest BCUT2D eigenvalue weighted by Crippen LogP contribution is -2.49. The summed E-state index contributed by atoms with van der Waals surface area (Å²) in [5.41, 5.74) is 5.83. The van der Waals surface area contributed by atoms with Gasteiger partial charge in [-0.2, -0.15) is 11.8 Å². The maximum absolute atomic E-state index is 11.8. The van der Waals surface area contributed by atoms with Crippen molar-refractivity contribution in [2.75, 3.05) is 6.26 Å². The largest absolute Gasteiger partial charge is 0.352 e. The molecule has 2 unspecified atom stereocenters. The summed E-state index contributed by atoms with van der Waals surface area (Å²) in [7, 11) is 0. The highest BCUT2D eigenvalue weighted by molar-refractivity contribution is 7.99. The first kappa shape index (κ1) is 13.8. The maximum Gasteiger partial charge on any atom is 0.237 e. The molecule has 3 nitrogen and oxygen atoms in total. The van der Waals surface area contributed by atoms with Crippen LogP contribution in [0.5, 0.6) is 0 Å². The molecule has 0 bridgehead atoms. The van der Waals surface area contributed by atoms with E-state index < -0.39 is 0 Å². The number of carbonyl (C=O) groups is 1. The van der Waals surface area contributed by atoms with E-state index in [0.717, 1.165) is 12.8 Å². The molecule has 0 heterocycles. The summed E-state index contributed by atoms with van der Waals surface area (Å²) in [6, 6.07) is -0.0295. The number of nitrogens with one attached hydrogen (secondary N) is 1. The molecule has 1 aliphatic rings. The number of amides is 1. The first-order valence-corrected chi connectivity index (χ1v) is 7.42. The van der Waals surface area contributed by atoms with Crippen molar-refractivity contribution in [2.24, 2.45) is 11.7 Å². The van der Waals surface area contributed by atoms with E-state index in [1.165, 1.54) is 12.8 Å². The third-order valence-corrected chi connectivity index (χ3v) is 4.42. The number of carbonyl (C=O) groups excluding carboxylic acids is 1. The van der Waals surface area contributed by atoms with Crippen molar-refractivity contribution in [1.29, 1.82) is 0 Å². The molecule has 3 N–H and O–H groups in total. The minimum atomic E-state index is -0.366. The highest BCUT2D eigenvalue weighted by Crippen LogP contribution is 2.26. The van der Waals surface area contributed by atoms with Gasteiger partial charge in [-0.1, -0.05) is 20.3 Å². The van der Waals surface area contributed by atoms with Crippen LogP contribution in [0.1, 0.15) is 39.5 Å². The minimum absolute atomic E-state index is 0.0155. The Bertz CT molecular complexity index is 233. The van der Waals surface area contributed by atoms with Gasteiger partial charge >= 0.3 is 0 Å². The van der Waals surface area contributed by atoms with E-state index in [1.807, 2.05) is 25.6 Å². The van der Waals surface area contributed by atoms with Crippen LogP contribution in [0.4, 0.5) is 0 Å². The third-order valence-electron chi connectivity index (χ3n) is 3.33. The summed E-state index contributed by atoms with van der Waals surface area (Å²) < 4.78 is 0. The molecule has 0 aromatic rings. The average molecular weight is 244 g/mol. The van der Waals surface area contributed by atoms with Crippen molar-refractivity contribution >= 4 is 17.7 Å². The van der Waals surface area contributed by atoms with Gasteiger partial charge < -0.3 is 11.1 Å². The SMILES string of the molecule is CSC1CCCC(NC(=O)[C@H](N)C(C)C)C1. The summed E-state index contributed by atoms with van der Waals surface area (Å²) in [6.07, 6.45) is 6.84. The Morgan fingerprint density at radius 3 is 2.69 bits per heavy atom. The molecule has 0 aromatic carbocycles. The van der Waals surface area contributed by atoms with E-state index >= 15 is 0 Å². The third kappa shape index (κ3) is 3.98. The van der Waals surface area contributed by atoms with Gasteiger partial charge in [0.05, 0.1) is 6.04 Å². The van der Waals surface area contributed by atoms with Gasteiger partial charge in [-0.25, -0.2) is 0 Å². The van der Waals surface area contributed by atoms with Gasteiger partial charge in [-0.05, 0) is 31.4 Å². The topological polar surface area (TPSA) is 55.1 Å². The predicted octanol–water partition coefficient (Wildman–Crippen LogP) is 1.76. The molecule has 0 aliphatic heterocycles. The zero-order valence-electron chi connectivity index (χ0n) is 10.5. The monoisotopic (exact) mass is 244 g/mol. The summed E-state index contributed by atoms with van der Waals surface area (Å²) in [5.74, 6) is 0.224. The number of nitrogens with two attached hydrogens (primary N) is 1. The van der Waals surface area contributed by atoms with Gasteiger partial charge in [0.1, 0.15) is 0 Å². The Kier molecular flexibility index (Phi) is 5.62. The second-order valence-corrected chi connectivity index (χ2v) is 6.14. The number of hydrogen-bond acceptors (Lipinski definition) is 3. The molecule has 1 rings (SSSR count). The molecular formula is C12H24N2OS. The molecule has 4 heteroatoms. The molecule has 1 fully saturated rings. The van der Waals surface area contributed by atoms with Crippen LogP contribution in [0.25, 0.3) is 0 Å². The molecule has 0 spiro atoms. The van der Waals surface area contributed by atoms with E-state index in [0.29, 0.717) is 11.3 Å². The Balaban J connectivity index is 2.38. The molecule has 0 radical (unpaired) electrons. The van der Waals surface area contributed by atoms with Crippen molar-refractivity contribution in [2.45, 2.75) is 56.9 Å². The van der Waals surface area contributed by atoms with Crippen LogP contribution in [-0.2, 0) is 4.79 Å². The van der Waals surface area contributed by atoms with Crippen molar-refractivity contribution in [1.82, 2.24) is 5.32 Å². The van der Waals surface area contributed by atoms with Gasteiger partial charge in [0.2, 0.25) is 5.91 Å². The molecule has 1 amide bonds. The average Bonchev–Trinajstić information content (AvgIpc) is 2.28. The van der Waals surface area contributed by atoms with Crippen LogP contribution >= 0.6 is 11.8 Å². The molecule has 1 aliphatic carbocycles. The van der Waals surface area contributed by atoms with Crippen LogP contribution < -0.4 is 11.1 Å². The summed E-state index contributed by atoms with van der Waals surface area (Å²) >= 11 is 1.91. The van der Waals surface area contributed by atoms with Crippen molar-refractivity contribution in [3.8, 4) is 0 Å². The van der Waals surface area contributed by atoms with E-state index in [2.05, 4.69) is 11.6 Å². The fourth-order valence-corrected chi connectivity index (χ4v) is 2.92. The lowest BCUT2D eigenvalue weighted by molar-refractivity contribution is -0.124. The zero-order chi connectivity index (χ0) is 12.1. The highest BCUT2D eigenvalue weighted by Gasteiger charge is 2.25. The van der Waals surface area contributed by atoms with E-state index in [4.69, 9.17) is 5.73 Å². The van der Waals surface area contributed by atoms with Crippen LogP contribution in [-0.4, -0.2) is 29.5 Å². The molecule has 94 valence electrons. The van der Waals surface area contributed by atoms with E-state index in [9.17, 15) is 4.79 Å². The fourth-order valence-electron chi connectivity index (χ4n) is 2.09. The molecule has 0 saturated heterocycles. The minimum Gasteiger partial charge on any atom is -0.352 e. The standard InChI is InChI=1S/C12H24N2OS/c1-8(2)11(13)12(15)14-9-5-4-6-10(7-9)16-3/h8-11H,4-7,13H2,1-3H3,(H,14,15)/t9?,10?,11-/m1/s1. The van der Waals surface area contributed by atoms with Crippen molar-refractivity contribution in [3.05, 3.63) is 0 Å². The quantitative estimate of drug-likeness (QED) is 0.792. The molecule has 1 saturated carbocycles. The fraction of sp³-hybridized carbons (Fsp3) is 0.917. The lowest BCUT2D eigenvalue weighted by Gasteiger charge is -2.30. The summed E-state index contributed by atoms with van der Waals surface area (Å²) in [4.78, 5) is 11.8. The summed E-state index contributed by atoms with van der Waals surface area (Å²) in [6.45, 7) is 3.96. The van der Waals surface area contributed by atoms with E-state index in [1.54, 1.807) is 0 Å². The molecule has 16 heavy (non-hydrogen) atoms. The van der Waals surface area contributed by atoms with Crippen LogP contribution in [0, 0.1) is 5.92 Å². The first-order valence-electron chi connectivity index (χ1n) is 6.13.